The Morgan fingerprint density at radius 3 is 2.26 bits per heavy atom. The Morgan fingerprint density at radius 2 is 1.77 bits per heavy atom. The topological polar surface area (TPSA) is 129 Å². The second kappa shape index (κ2) is 10.9. The van der Waals surface area contributed by atoms with Gasteiger partial charge in [-0.15, -0.1) is 5.10 Å². The molecule has 4 N–H and O–H groups in total. The molecule has 0 saturated heterocycles. The average molecular weight is 481 g/mol. The highest BCUT2D eigenvalue weighted by Crippen LogP contribution is 2.34. The van der Waals surface area contributed by atoms with E-state index in [0.717, 1.165) is 6.07 Å². The first-order valence-corrected chi connectivity index (χ1v) is 10.2. The Morgan fingerprint density at radius 1 is 1.16 bits per heavy atom. The number of benzene rings is 2. The lowest BCUT2D eigenvalue weighted by atomic mass is 10.2. The number of alkyl halides is 3. The van der Waals surface area contributed by atoms with E-state index in [1.54, 1.807) is 19.9 Å². The molecule has 0 aliphatic heterocycles. The first-order valence-electron chi connectivity index (χ1n) is 8.40. The summed E-state index contributed by atoms with van der Waals surface area (Å²) < 4.78 is 73.4. The summed E-state index contributed by atoms with van der Waals surface area (Å²) in [4.78, 5) is -0.761. The quantitative estimate of drug-likeness (QED) is 0.280. The summed E-state index contributed by atoms with van der Waals surface area (Å²) in [5, 5.41) is 5.76. The van der Waals surface area contributed by atoms with Crippen LogP contribution < -0.4 is 20.4 Å². The number of aryl methyl sites for hydroxylation is 1. The van der Waals surface area contributed by atoms with E-state index in [4.69, 9.17) is 32.0 Å². The van der Waals surface area contributed by atoms with Gasteiger partial charge >= 0.3 is 16.3 Å². The van der Waals surface area contributed by atoms with Gasteiger partial charge < -0.3 is 20.4 Å². The van der Waals surface area contributed by atoms with Crippen molar-refractivity contribution in [1.82, 2.24) is 0 Å². The molecule has 0 atom stereocenters. The molecule has 0 aromatic heterocycles. The lowest BCUT2D eigenvalue weighted by molar-refractivity contribution is -0.137. The van der Waals surface area contributed by atoms with Gasteiger partial charge in [-0.2, -0.15) is 26.7 Å². The summed E-state index contributed by atoms with van der Waals surface area (Å²) in [6, 6.07) is 6.41. The van der Waals surface area contributed by atoms with Gasteiger partial charge in [-0.1, -0.05) is 11.6 Å². The number of ether oxygens (including phenoxy) is 1. The molecule has 0 unspecified atom stereocenters. The molecule has 8 nitrogen and oxygen atoms in total. The van der Waals surface area contributed by atoms with Crippen molar-refractivity contribution in [3.8, 4) is 11.5 Å². The summed E-state index contributed by atoms with van der Waals surface area (Å²) in [5.74, 6) is 0.227. The predicted octanol–water partition coefficient (Wildman–Crippen LogP) is 3.71. The molecule has 0 amide bonds. The van der Waals surface area contributed by atoms with Crippen molar-refractivity contribution in [2.75, 3.05) is 6.61 Å². The molecule has 2 aromatic rings. The molecule has 2 rings (SSSR count). The molecule has 31 heavy (non-hydrogen) atoms. The number of halogens is 4. The monoisotopic (exact) mass is 480 g/mol. The Labute approximate surface area is 182 Å². The highest BCUT2D eigenvalue weighted by atomic mass is 35.5. The highest BCUT2D eigenvalue weighted by Gasteiger charge is 2.33. The molecule has 0 radical (unpaired) electrons. The standard InChI is InChI=1S/C16H14ClF3O4S.C2H6N4/c1-3-23-12-6-10(2)7-13(9-12)24-25(21,22)15-8-11(16(18,19)20)4-5-14(15)17;1-5-6-2(3)4/h4-9H,3H2,1-2H3;1H2,(H4,3,4,6). The van der Waals surface area contributed by atoms with Gasteiger partial charge in [-0.3, -0.25) is 0 Å². The van der Waals surface area contributed by atoms with Crippen molar-refractivity contribution in [3.05, 3.63) is 52.5 Å². The number of nitrogens with zero attached hydrogens (tertiary/aromatic N) is 2. The van der Waals surface area contributed by atoms with Crippen LogP contribution in [0.1, 0.15) is 18.1 Å². The zero-order valence-electron chi connectivity index (χ0n) is 16.5. The Kier molecular flexibility index (Phi) is 9.13. The third-order valence-corrected chi connectivity index (χ3v) is 4.99. The van der Waals surface area contributed by atoms with Crippen LogP contribution in [0.2, 0.25) is 5.02 Å². The second-order valence-corrected chi connectivity index (χ2v) is 7.68. The van der Waals surface area contributed by atoms with Gasteiger partial charge in [-0.25, -0.2) is 0 Å². The fourth-order valence-corrected chi connectivity index (χ4v) is 3.56. The summed E-state index contributed by atoms with van der Waals surface area (Å²) >= 11 is 5.76. The Bertz CT molecular complexity index is 1060. The summed E-state index contributed by atoms with van der Waals surface area (Å²) in [6.45, 7) is 6.81. The van der Waals surface area contributed by atoms with Crippen molar-refractivity contribution in [2.24, 2.45) is 21.7 Å². The van der Waals surface area contributed by atoms with Gasteiger partial charge in [0, 0.05) is 12.8 Å². The van der Waals surface area contributed by atoms with E-state index in [-0.39, 0.29) is 16.7 Å². The number of nitrogens with two attached hydrogens (primary N) is 2. The molecule has 0 spiro atoms. The van der Waals surface area contributed by atoms with Crippen molar-refractivity contribution in [3.63, 3.8) is 0 Å². The molecular formula is C18H20ClF3N4O4S. The maximum Gasteiger partial charge on any atom is 0.416 e. The fraction of sp³-hybridized carbons (Fsp3) is 0.222. The van der Waals surface area contributed by atoms with E-state index in [1.807, 2.05) is 0 Å². The zero-order valence-corrected chi connectivity index (χ0v) is 18.1. The largest absolute Gasteiger partial charge is 0.494 e. The van der Waals surface area contributed by atoms with Crippen LogP contribution in [0.3, 0.4) is 0 Å². The van der Waals surface area contributed by atoms with Crippen LogP contribution in [0, 0.1) is 6.92 Å². The van der Waals surface area contributed by atoms with E-state index in [2.05, 4.69) is 16.9 Å². The molecule has 0 heterocycles. The fourth-order valence-electron chi connectivity index (χ4n) is 2.14. The molecule has 0 saturated carbocycles. The van der Waals surface area contributed by atoms with Crippen LogP contribution in [-0.2, 0) is 16.3 Å². The van der Waals surface area contributed by atoms with Gasteiger partial charge in [0.15, 0.2) is 0 Å². The van der Waals surface area contributed by atoms with Crippen molar-refractivity contribution in [2.45, 2.75) is 24.9 Å². The molecule has 13 heteroatoms. The second-order valence-electron chi connectivity index (χ2n) is 5.76. The third-order valence-electron chi connectivity index (χ3n) is 3.26. The summed E-state index contributed by atoms with van der Waals surface area (Å²) in [6.07, 6.45) is -4.71. The molecule has 0 fully saturated rings. The van der Waals surface area contributed by atoms with Crippen LogP contribution in [-0.4, -0.2) is 27.7 Å². The van der Waals surface area contributed by atoms with Crippen LogP contribution >= 0.6 is 11.6 Å². The SMILES string of the molecule is C=NN=C(N)N.CCOc1cc(C)cc(OS(=O)(=O)c2cc(C(F)(F)F)ccc2Cl)c1. The van der Waals surface area contributed by atoms with Crippen LogP contribution in [0.5, 0.6) is 11.5 Å². The van der Waals surface area contributed by atoms with Crippen LogP contribution in [0.15, 0.2) is 51.5 Å². The molecule has 2 aromatic carbocycles. The van der Waals surface area contributed by atoms with E-state index in [1.165, 1.54) is 12.1 Å². The average Bonchev–Trinajstić information content (AvgIpc) is 2.60. The highest BCUT2D eigenvalue weighted by molar-refractivity contribution is 7.87. The van der Waals surface area contributed by atoms with Gasteiger partial charge in [0.25, 0.3) is 0 Å². The first kappa shape index (κ1) is 26.0. The molecule has 0 bridgehead atoms. The first-order chi connectivity index (χ1) is 14.3. The molecule has 170 valence electrons. The van der Waals surface area contributed by atoms with Crippen molar-refractivity contribution in [1.29, 1.82) is 0 Å². The smallest absolute Gasteiger partial charge is 0.416 e. The zero-order chi connectivity index (χ0) is 23.8. The van der Waals surface area contributed by atoms with Crippen molar-refractivity contribution >= 4 is 34.4 Å². The lowest BCUT2D eigenvalue weighted by Gasteiger charge is -2.13. The predicted molar refractivity (Wildman–Crippen MR) is 112 cm³/mol. The number of hydrogen-bond acceptors (Lipinski definition) is 6. The maximum absolute atomic E-state index is 12.8. The van der Waals surface area contributed by atoms with Gasteiger partial charge in [-0.05, 0) is 49.7 Å². The molecule has 0 aliphatic rings. The maximum atomic E-state index is 12.8. The van der Waals surface area contributed by atoms with E-state index < -0.39 is 26.8 Å². The number of rotatable bonds is 6. The number of hydrogen-bond donors (Lipinski definition) is 2. The van der Waals surface area contributed by atoms with Crippen LogP contribution in [0.4, 0.5) is 13.2 Å². The number of guanidine groups is 1. The van der Waals surface area contributed by atoms with E-state index >= 15 is 0 Å². The summed E-state index contributed by atoms with van der Waals surface area (Å²) in [7, 11) is -4.56. The normalized spacial score (nSPS) is 11.0. The Balaban J connectivity index is 0.000000703. The third kappa shape index (κ3) is 8.34. The van der Waals surface area contributed by atoms with Gasteiger partial charge in [0.2, 0.25) is 5.96 Å². The lowest BCUT2D eigenvalue weighted by Crippen LogP contribution is -2.21. The minimum atomic E-state index is -4.71. The van der Waals surface area contributed by atoms with Gasteiger partial charge in [0.05, 0.1) is 17.2 Å². The van der Waals surface area contributed by atoms with E-state index in [0.29, 0.717) is 30.1 Å². The molecular weight excluding hydrogens is 461 g/mol. The Hall–Kier alpha value is -2.99. The van der Waals surface area contributed by atoms with E-state index in [9.17, 15) is 21.6 Å². The van der Waals surface area contributed by atoms with Crippen LogP contribution in [0.25, 0.3) is 0 Å². The van der Waals surface area contributed by atoms with Gasteiger partial charge in [0.1, 0.15) is 16.4 Å². The minimum Gasteiger partial charge on any atom is -0.494 e. The minimum absolute atomic E-state index is 0.0648. The van der Waals surface area contributed by atoms with Crippen molar-refractivity contribution < 1.29 is 30.5 Å². The molecule has 0 aliphatic carbocycles. The summed E-state index contributed by atoms with van der Waals surface area (Å²) in [5.41, 5.74) is 9.11.